The Morgan fingerprint density at radius 3 is 2.71 bits per heavy atom. The van der Waals surface area contributed by atoms with E-state index < -0.39 is 10.0 Å². The first-order valence-electron chi connectivity index (χ1n) is 5.18. The van der Waals surface area contributed by atoms with Crippen molar-refractivity contribution in [1.82, 2.24) is 4.98 Å². The molecule has 5 nitrogen and oxygen atoms in total. The van der Waals surface area contributed by atoms with Gasteiger partial charge in [0.1, 0.15) is 5.82 Å². The number of pyridine rings is 1. The molecule has 0 saturated carbocycles. The Labute approximate surface area is 99.7 Å². The van der Waals surface area contributed by atoms with E-state index in [1.807, 2.05) is 13.0 Å². The van der Waals surface area contributed by atoms with Gasteiger partial charge in [0.15, 0.2) is 0 Å². The molecule has 1 heterocycles. The fourth-order valence-corrected chi connectivity index (χ4v) is 2.11. The number of hydrogen-bond donors (Lipinski definition) is 2. The van der Waals surface area contributed by atoms with E-state index in [-0.39, 0.29) is 4.90 Å². The molecule has 3 N–H and O–H groups in total. The molecule has 2 aromatic rings. The van der Waals surface area contributed by atoms with Crippen LogP contribution in [0.4, 0.5) is 5.82 Å². The molecule has 0 atom stereocenters. The molecule has 0 amide bonds. The van der Waals surface area contributed by atoms with Gasteiger partial charge in [-0.15, -0.1) is 0 Å². The summed E-state index contributed by atoms with van der Waals surface area (Å²) in [7, 11) is -3.66. The zero-order valence-electron chi connectivity index (χ0n) is 9.34. The first-order chi connectivity index (χ1) is 8.00. The van der Waals surface area contributed by atoms with Crippen LogP contribution in [0, 0.1) is 0 Å². The van der Waals surface area contributed by atoms with Crippen molar-refractivity contribution in [3.63, 3.8) is 0 Å². The van der Waals surface area contributed by atoms with E-state index in [0.29, 0.717) is 0 Å². The number of hydrogen-bond acceptors (Lipinski definition) is 4. The van der Waals surface area contributed by atoms with Gasteiger partial charge in [0.2, 0.25) is 10.0 Å². The highest BCUT2D eigenvalue weighted by Gasteiger charge is 2.08. The van der Waals surface area contributed by atoms with Crippen molar-refractivity contribution in [1.29, 1.82) is 0 Å². The number of rotatable bonds is 3. The number of nitrogens with one attached hydrogen (secondary N) is 1. The molecule has 0 aliphatic carbocycles. The summed E-state index contributed by atoms with van der Waals surface area (Å²) >= 11 is 0. The van der Waals surface area contributed by atoms with Crippen LogP contribution in [-0.4, -0.2) is 19.9 Å². The van der Waals surface area contributed by atoms with Crippen LogP contribution in [0.3, 0.4) is 0 Å². The number of nitrogens with zero attached hydrogens (tertiary/aromatic N) is 1. The second-order valence-corrected chi connectivity index (χ2v) is 5.19. The second-order valence-electron chi connectivity index (χ2n) is 3.63. The van der Waals surface area contributed by atoms with Crippen LogP contribution >= 0.6 is 0 Å². The van der Waals surface area contributed by atoms with Crippen LogP contribution in [-0.2, 0) is 10.0 Å². The molecule has 0 unspecified atom stereocenters. The maximum Gasteiger partial charge on any atom is 0.238 e. The van der Waals surface area contributed by atoms with Crippen LogP contribution in [0.1, 0.15) is 6.92 Å². The topological polar surface area (TPSA) is 85.1 Å². The molecule has 1 aromatic carbocycles. The average molecular weight is 251 g/mol. The smallest absolute Gasteiger partial charge is 0.238 e. The minimum Gasteiger partial charge on any atom is -0.370 e. The van der Waals surface area contributed by atoms with Crippen molar-refractivity contribution >= 4 is 26.7 Å². The highest BCUT2D eigenvalue weighted by molar-refractivity contribution is 7.89. The number of nitrogens with two attached hydrogens (primary N) is 1. The molecule has 0 aliphatic rings. The highest BCUT2D eigenvalue weighted by atomic mass is 32.2. The largest absolute Gasteiger partial charge is 0.370 e. The molecule has 0 saturated heterocycles. The van der Waals surface area contributed by atoms with Gasteiger partial charge in [-0.25, -0.2) is 18.5 Å². The lowest BCUT2D eigenvalue weighted by atomic mass is 10.2. The van der Waals surface area contributed by atoms with Crippen molar-refractivity contribution in [2.24, 2.45) is 5.14 Å². The summed E-state index contributed by atoms with van der Waals surface area (Å²) in [6, 6.07) is 8.25. The molecule has 0 bridgehead atoms. The molecule has 0 fully saturated rings. The third-order valence-corrected chi connectivity index (χ3v) is 3.26. The van der Waals surface area contributed by atoms with Crippen LogP contribution in [0.25, 0.3) is 10.9 Å². The fraction of sp³-hybridized carbons (Fsp3) is 0.182. The van der Waals surface area contributed by atoms with Crippen molar-refractivity contribution in [2.75, 3.05) is 11.9 Å². The van der Waals surface area contributed by atoms with E-state index in [4.69, 9.17) is 5.14 Å². The van der Waals surface area contributed by atoms with Gasteiger partial charge in [-0.1, -0.05) is 0 Å². The number of sulfonamides is 1. The maximum atomic E-state index is 11.2. The average Bonchev–Trinajstić information content (AvgIpc) is 2.27. The van der Waals surface area contributed by atoms with Gasteiger partial charge in [-0.05, 0) is 37.3 Å². The first kappa shape index (κ1) is 11.8. The summed E-state index contributed by atoms with van der Waals surface area (Å²) in [5.41, 5.74) is 0.732. The van der Waals surface area contributed by atoms with E-state index in [2.05, 4.69) is 10.3 Å². The number of fused-ring (bicyclic) bond motifs is 1. The monoisotopic (exact) mass is 251 g/mol. The molecule has 6 heteroatoms. The number of benzene rings is 1. The van der Waals surface area contributed by atoms with Crippen molar-refractivity contribution in [3.05, 3.63) is 30.3 Å². The maximum absolute atomic E-state index is 11.2. The first-order valence-corrected chi connectivity index (χ1v) is 6.73. The lowest BCUT2D eigenvalue weighted by Crippen LogP contribution is -2.11. The number of primary sulfonamides is 1. The van der Waals surface area contributed by atoms with Gasteiger partial charge in [0.05, 0.1) is 10.4 Å². The van der Waals surface area contributed by atoms with Gasteiger partial charge < -0.3 is 5.32 Å². The van der Waals surface area contributed by atoms with Crippen LogP contribution in [0.15, 0.2) is 35.2 Å². The van der Waals surface area contributed by atoms with Crippen LogP contribution in [0.5, 0.6) is 0 Å². The van der Waals surface area contributed by atoms with E-state index in [1.54, 1.807) is 12.1 Å². The normalized spacial score (nSPS) is 11.6. The van der Waals surface area contributed by atoms with Gasteiger partial charge in [0, 0.05) is 11.9 Å². The van der Waals surface area contributed by atoms with Gasteiger partial charge in [-0.2, -0.15) is 0 Å². The predicted molar refractivity (Wildman–Crippen MR) is 67.3 cm³/mol. The predicted octanol–water partition coefficient (Wildman–Crippen LogP) is 1.31. The van der Waals surface area contributed by atoms with Crippen molar-refractivity contribution < 1.29 is 8.42 Å². The summed E-state index contributed by atoms with van der Waals surface area (Å²) in [6.45, 7) is 2.77. The van der Waals surface area contributed by atoms with Gasteiger partial charge >= 0.3 is 0 Å². The zero-order chi connectivity index (χ0) is 12.5. The zero-order valence-corrected chi connectivity index (χ0v) is 10.2. The molecule has 0 radical (unpaired) electrons. The molecule has 1 aromatic heterocycles. The third kappa shape index (κ3) is 2.54. The SMILES string of the molecule is CCNc1ccc2cc(S(N)(=O)=O)ccc2n1. The summed E-state index contributed by atoms with van der Waals surface area (Å²) in [5, 5.41) is 8.90. The summed E-state index contributed by atoms with van der Waals surface area (Å²) in [5.74, 6) is 0.767. The Balaban J connectivity index is 2.54. The fourth-order valence-electron chi connectivity index (χ4n) is 1.56. The lowest BCUT2D eigenvalue weighted by Gasteiger charge is -2.05. The quantitative estimate of drug-likeness (QED) is 0.861. The Hall–Kier alpha value is -1.66. The molecule has 0 aliphatic heterocycles. The van der Waals surface area contributed by atoms with Crippen molar-refractivity contribution in [2.45, 2.75) is 11.8 Å². The van der Waals surface area contributed by atoms with Gasteiger partial charge in [-0.3, -0.25) is 0 Å². The second kappa shape index (κ2) is 4.31. The van der Waals surface area contributed by atoms with E-state index in [9.17, 15) is 8.42 Å². The molecular weight excluding hydrogens is 238 g/mol. The Morgan fingerprint density at radius 2 is 2.06 bits per heavy atom. The Morgan fingerprint density at radius 1 is 1.29 bits per heavy atom. The van der Waals surface area contributed by atoms with Crippen LogP contribution < -0.4 is 10.5 Å². The molecule has 2 rings (SSSR count). The minimum absolute atomic E-state index is 0.100. The van der Waals surface area contributed by atoms with E-state index in [1.165, 1.54) is 12.1 Å². The molecule has 0 spiro atoms. The lowest BCUT2D eigenvalue weighted by molar-refractivity contribution is 0.598. The summed E-state index contributed by atoms with van der Waals surface area (Å²) in [6.07, 6.45) is 0. The standard InChI is InChI=1S/C11H13N3O2S/c1-2-13-11-6-3-8-7-9(17(12,15)16)4-5-10(8)14-11/h3-7H,2H2,1H3,(H,13,14)(H2,12,15,16). The van der Waals surface area contributed by atoms with Crippen LogP contribution in [0.2, 0.25) is 0 Å². The highest BCUT2D eigenvalue weighted by Crippen LogP contribution is 2.18. The molecule has 17 heavy (non-hydrogen) atoms. The number of anilines is 1. The Kier molecular flexibility index (Phi) is 2.99. The Bertz CT molecular complexity index is 653. The summed E-state index contributed by atoms with van der Waals surface area (Å²) < 4.78 is 22.4. The van der Waals surface area contributed by atoms with E-state index >= 15 is 0 Å². The number of aromatic nitrogens is 1. The van der Waals surface area contributed by atoms with Gasteiger partial charge in [0.25, 0.3) is 0 Å². The summed E-state index contributed by atoms with van der Waals surface area (Å²) in [4.78, 5) is 4.44. The third-order valence-electron chi connectivity index (χ3n) is 2.35. The van der Waals surface area contributed by atoms with E-state index in [0.717, 1.165) is 23.3 Å². The molecule has 90 valence electrons. The minimum atomic E-state index is -3.66. The van der Waals surface area contributed by atoms with Crippen molar-refractivity contribution in [3.8, 4) is 0 Å². The molecular formula is C11H13N3O2S.